The van der Waals surface area contributed by atoms with Gasteiger partial charge in [-0.05, 0) is 37.3 Å². The second-order valence-corrected chi connectivity index (χ2v) is 6.66. The van der Waals surface area contributed by atoms with Crippen LogP contribution in [-0.2, 0) is 11.2 Å². The van der Waals surface area contributed by atoms with E-state index in [0.29, 0.717) is 11.5 Å². The molecule has 0 aliphatic carbocycles. The Labute approximate surface area is 156 Å². The predicted octanol–water partition coefficient (Wildman–Crippen LogP) is 4.32. The van der Waals surface area contributed by atoms with E-state index in [4.69, 9.17) is 9.47 Å². The van der Waals surface area contributed by atoms with Crippen LogP contribution in [0.25, 0.3) is 10.6 Å². The fourth-order valence-electron chi connectivity index (χ4n) is 2.50. The maximum absolute atomic E-state index is 12.2. The van der Waals surface area contributed by atoms with Crippen LogP contribution in [0.5, 0.6) is 11.5 Å². The Balaban J connectivity index is 1.69. The Morgan fingerprint density at radius 1 is 1.08 bits per heavy atom. The number of ether oxygens (including phenoxy) is 2. The number of rotatable bonds is 6. The zero-order valence-electron chi connectivity index (χ0n) is 14.9. The van der Waals surface area contributed by atoms with Crippen molar-refractivity contribution in [2.45, 2.75) is 13.3 Å². The van der Waals surface area contributed by atoms with Crippen molar-refractivity contribution in [3.05, 3.63) is 59.1 Å². The molecular formula is C20H20N2O3S. The van der Waals surface area contributed by atoms with Gasteiger partial charge in [0.15, 0.2) is 11.5 Å². The third-order valence-corrected chi connectivity index (χ3v) is 4.80. The number of benzene rings is 2. The summed E-state index contributed by atoms with van der Waals surface area (Å²) in [7, 11) is 3.20. The van der Waals surface area contributed by atoms with Crippen molar-refractivity contribution >= 4 is 22.9 Å². The lowest BCUT2D eigenvalue weighted by Crippen LogP contribution is -2.14. The smallest absolute Gasteiger partial charge is 0.230 e. The number of anilines is 1. The summed E-state index contributed by atoms with van der Waals surface area (Å²) in [6.45, 7) is 2.01. The molecule has 3 aromatic rings. The van der Waals surface area contributed by atoms with Gasteiger partial charge in [-0.25, -0.2) is 4.98 Å². The highest BCUT2D eigenvalue weighted by Gasteiger charge is 2.12. The monoisotopic (exact) mass is 368 g/mol. The van der Waals surface area contributed by atoms with Gasteiger partial charge >= 0.3 is 0 Å². The van der Waals surface area contributed by atoms with Crippen LogP contribution in [0.4, 0.5) is 5.69 Å². The van der Waals surface area contributed by atoms with Crippen LogP contribution < -0.4 is 14.8 Å². The van der Waals surface area contributed by atoms with Crippen molar-refractivity contribution in [1.29, 1.82) is 0 Å². The molecule has 1 amide bonds. The van der Waals surface area contributed by atoms with Crippen molar-refractivity contribution in [1.82, 2.24) is 4.98 Å². The van der Waals surface area contributed by atoms with Gasteiger partial charge in [-0.3, -0.25) is 4.79 Å². The first-order valence-corrected chi connectivity index (χ1v) is 9.00. The highest BCUT2D eigenvalue weighted by atomic mass is 32.1. The number of thiazole rings is 1. The zero-order valence-corrected chi connectivity index (χ0v) is 15.7. The van der Waals surface area contributed by atoms with Gasteiger partial charge in [0.2, 0.25) is 5.91 Å². The number of aryl methyl sites for hydroxylation is 1. The molecule has 0 bridgehead atoms. The summed E-state index contributed by atoms with van der Waals surface area (Å²) in [5.41, 5.74) is 3.61. The molecule has 0 saturated heterocycles. The van der Waals surface area contributed by atoms with E-state index in [1.165, 1.54) is 11.3 Å². The van der Waals surface area contributed by atoms with Crippen molar-refractivity contribution < 1.29 is 14.3 Å². The number of hydrogen-bond donors (Lipinski definition) is 1. The average molecular weight is 368 g/mol. The molecule has 1 heterocycles. The Kier molecular flexibility index (Phi) is 5.53. The van der Waals surface area contributed by atoms with Crippen LogP contribution in [0.2, 0.25) is 0 Å². The molecule has 0 fully saturated rings. The molecule has 0 radical (unpaired) electrons. The molecule has 0 unspecified atom stereocenters. The lowest BCUT2D eigenvalue weighted by atomic mass is 10.2. The summed E-state index contributed by atoms with van der Waals surface area (Å²) >= 11 is 1.50. The van der Waals surface area contributed by atoms with Gasteiger partial charge in [-0.1, -0.05) is 17.7 Å². The summed E-state index contributed by atoms with van der Waals surface area (Å²) < 4.78 is 10.6. The molecule has 0 aliphatic rings. The fourth-order valence-corrected chi connectivity index (χ4v) is 3.31. The number of carbonyl (C=O) groups is 1. The summed E-state index contributed by atoms with van der Waals surface area (Å²) in [6, 6.07) is 13.4. The molecule has 2 aromatic carbocycles. The van der Waals surface area contributed by atoms with Crippen molar-refractivity contribution in [3.63, 3.8) is 0 Å². The van der Waals surface area contributed by atoms with Crippen molar-refractivity contribution in [3.8, 4) is 22.1 Å². The number of aromatic nitrogens is 1. The minimum Gasteiger partial charge on any atom is -0.493 e. The van der Waals surface area contributed by atoms with Crippen LogP contribution in [-0.4, -0.2) is 25.1 Å². The average Bonchev–Trinajstić information content (AvgIpc) is 3.11. The van der Waals surface area contributed by atoms with E-state index in [0.717, 1.165) is 27.5 Å². The van der Waals surface area contributed by atoms with Crippen molar-refractivity contribution in [2.24, 2.45) is 0 Å². The van der Waals surface area contributed by atoms with Gasteiger partial charge in [-0.2, -0.15) is 0 Å². The van der Waals surface area contributed by atoms with Gasteiger partial charge < -0.3 is 14.8 Å². The third kappa shape index (κ3) is 4.21. The number of nitrogens with one attached hydrogen (secondary N) is 1. The second-order valence-electron chi connectivity index (χ2n) is 5.80. The number of amides is 1. The maximum Gasteiger partial charge on any atom is 0.230 e. The summed E-state index contributed by atoms with van der Waals surface area (Å²) in [6.07, 6.45) is 0.234. The molecular weight excluding hydrogens is 348 g/mol. The van der Waals surface area contributed by atoms with Crippen LogP contribution >= 0.6 is 11.3 Å². The summed E-state index contributed by atoms with van der Waals surface area (Å²) in [5.74, 6) is 1.24. The predicted molar refractivity (Wildman–Crippen MR) is 104 cm³/mol. The van der Waals surface area contributed by atoms with Crippen LogP contribution in [0, 0.1) is 6.92 Å². The summed E-state index contributed by atoms with van der Waals surface area (Å²) in [4.78, 5) is 16.8. The lowest BCUT2D eigenvalue weighted by Gasteiger charge is -2.08. The number of carbonyl (C=O) groups excluding carboxylic acids is 1. The Hall–Kier alpha value is -2.86. The Bertz CT molecular complexity index is 904. The van der Waals surface area contributed by atoms with E-state index in [-0.39, 0.29) is 12.3 Å². The molecule has 1 N–H and O–H groups in total. The van der Waals surface area contributed by atoms with Gasteiger partial charge in [0.05, 0.1) is 26.3 Å². The second kappa shape index (κ2) is 8.01. The van der Waals surface area contributed by atoms with Gasteiger partial charge in [-0.15, -0.1) is 11.3 Å². The minimum absolute atomic E-state index is 0.0852. The van der Waals surface area contributed by atoms with E-state index in [1.807, 2.05) is 54.8 Å². The van der Waals surface area contributed by atoms with E-state index < -0.39 is 0 Å². The largest absolute Gasteiger partial charge is 0.493 e. The highest BCUT2D eigenvalue weighted by molar-refractivity contribution is 7.13. The van der Waals surface area contributed by atoms with E-state index in [9.17, 15) is 4.79 Å². The van der Waals surface area contributed by atoms with Crippen molar-refractivity contribution in [2.75, 3.05) is 19.5 Å². The summed E-state index contributed by atoms with van der Waals surface area (Å²) in [5, 5.41) is 5.63. The molecule has 0 atom stereocenters. The first-order chi connectivity index (χ1) is 12.6. The standard InChI is InChI=1S/C20H20N2O3S/c1-13-4-7-15(8-5-13)21-19(23)11-16-12-26-20(22-16)14-6-9-17(24-2)18(10-14)25-3/h4-10,12H,11H2,1-3H3,(H,21,23). The molecule has 26 heavy (non-hydrogen) atoms. The topological polar surface area (TPSA) is 60.5 Å². The molecule has 6 heteroatoms. The maximum atomic E-state index is 12.2. The number of methoxy groups -OCH3 is 2. The fraction of sp³-hybridized carbons (Fsp3) is 0.200. The van der Waals surface area contributed by atoms with Gasteiger partial charge in [0.25, 0.3) is 0 Å². The molecule has 134 valence electrons. The first-order valence-electron chi connectivity index (χ1n) is 8.12. The normalized spacial score (nSPS) is 10.4. The first kappa shape index (κ1) is 17.9. The molecule has 0 aliphatic heterocycles. The number of hydrogen-bond acceptors (Lipinski definition) is 5. The van der Waals surface area contributed by atoms with Gasteiger partial charge in [0, 0.05) is 16.6 Å². The Morgan fingerprint density at radius 2 is 1.81 bits per heavy atom. The van der Waals surface area contributed by atoms with Crippen LogP contribution in [0.15, 0.2) is 47.8 Å². The van der Waals surface area contributed by atoms with E-state index in [2.05, 4.69) is 10.3 Å². The zero-order chi connectivity index (χ0) is 18.5. The van der Waals surface area contributed by atoms with Crippen LogP contribution in [0.3, 0.4) is 0 Å². The van der Waals surface area contributed by atoms with E-state index >= 15 is 0 Å². The number of nitrogens with zero attached hydrogens (tertiary/aromatic N) is 1. The van der Waals surface area contributed by atoms with Crippen LogP contribution in [0.1, 0.15) is 11.3 Å². The van der Waals surface area contributed by atoms with E-state index in [1.54, 1.807) is 14.2 Å². The third-order valence-electron chi connectivity index (χ3n) is 3.86. The highest BCUT2D eigenvalue weighted by Crippen LogP contribution is 2.33. The lowest BCUT2D eigenvalue weighted by molar-refractivity contribution is -0.115. The molecule has 0 spiro atoms. The minimum atomic E-state index is -0.0852. The Morgan fingerprint density at radius 3 is 2.50 bits per heavy atom. The SMILES string of the molecule is COc1ccc(-c2nc(CC(=O)Nc3ccc(C)cc3)cs2)cc1OC. The van der Waals surface area contributed by atoms with Gasteiger partial charge in [0.1, 0.15) is 5.01 Å². The quantitative estimate of drug-likeness (QED) is 0.704. The molecule has 5 nitrogen and oxygen atoms in total. The molecule has 0 saturated carbocycles. The molecule has 3 rings (SSSR count). The molecule has 1 aromatic heterocycles.